The molecule has 0 aliphatic rings. The first kappa shape index (κ1) is 16.6. The van der Waals surface area contributed by atoms with Crippen LogP contribution < -0.4 is 10.1 Å². The van der Waals surface area contributed by atoms with Crippen molar-refractivity contribution in [2.24, 2.45) is 0 Å². The highest BCUT2D eigenvalue weighted by Crippen LogP contribution is 2.17. The van der Waals surface area contributed by atoms with E-state index in [4.69, 9.17) is 0 Å². The number of ether oxygens (including phenoxy) is 1. The molecule has 0 unspecified atom stereocenters. The molecule has 2 aromatic carbocycles. The fourth-order valence-corrected chi connectivity index (χ4v) is 1.84. The van der Waals surface area contributed by atoms with Gasteiger partial charge in [-0.2, -0.15) is 8.78 Å². The lowest BCUT2D eigenvalue weighted by Gasteiger charge is -2.06. The maximum absolute atomic E-state index is 13.1. The number of carbonyl (C=O) groups excluding carboxylic acids is 1. The summed E-state index contributed by atoms with van der Waals surface area (Å²) in [5.74, 6) is -0.826. The third kappa shape index (κ3) is 5.18. The molecular formula is C17H14F3NO2. The minimum absolute atomic E-state index is 0.0389. The minimum Gasteiger partial charge on any atom is -0.435 e. The van der Waals surface area contributed by atoms with Crippen LogP contribution in [-0.4, -0.2) is 12.5 Å². The van der Waals surface area contributed by atoms with E-state index in [1.807, 2.05) is 0 Å². The molecule has 0 aliphatic heterocycles. The van der Waals surface area contributed by atoms with Gasteiger partial charge in [-0.15, -0.1) is 0 Å². The van der Waals surface area contributed by atoms with E-state index in [1.54, 1.807) is 13.0 Å². The number of amides is 1. The molecule has 0 spiro atoms. The first-order chi connectivity index (χ1) is 10.9. The number of carbonyl (C=O) groups is 1. The average Bonchev–Trinajstić information content (AvgIpc) is 2.50. The second kappa shape index (κ2) is 7.49. The molecule has 0 aromatic heterocycles. The second-order valence-corrected chi connectivity index (χ2v) is 4.73. The molecule has 23 heavy (non-hydrogen) atoms. The number of hydrogen-bond acceptors (Lipinski definition) is 2. The topological polar surface area (TPSA) is 38.3 Å². The molecule has 0 radical (unpaired) electrons. The first-order valence-electron chi connectivity index (χ1n) is 6.74. The number of alkyl halides is 2. The van der Waals surface area contributed by atoms with Crippen molar-refractivity contribution in [1.29, 1.82) is 0 Å². The van der Waals surface area contributed by atoms with Gasteiger partial charge in [0.15, 0.2) is 0 Å². The van der Waals surface area contributed by atoms with Crippen molar-refractivity contribution in [2.75, 3.05) is 5.32 Å². The number of hydrogen-bond donors (Lipinski definition) is 1. The zero-order valence-corrected chi connectivity index (χ0v) is 12.2. The van der Waals surface area contributed by atoms with Gasteiger partial charge in [0.25, 0.3) is 0 Å². The zero-order valence-electron chi connectivity index (χ0n) is 12.2. The van der Waals surface area contributed by atoms with E-state index in [0.717, 1.165) is 5.56 Å². The van der Waals surface area contributed by atoms with Gasteiger partial charge in [-0.05, 0) is 48.4 Å². The zero-order chi connectivity index (χ0) is 16.8. The van der Waals surface area contributed by atoms with Crippen LogP contribution in [0.25, 0.3) is 6.08 Å². The Labute approximate surface area is 131 Å². The summed E-state index contributed by atoms with van der Waals surface area (Å²) in [7, 11) is 0. The summed E-state index contributed by atoms with van der Waals surface area (Å²) < 4.78 is 41.4. The van der Waals surface area contributed by atoms with Gasteiger partial charge in [0.2, 0.25) is 5.91 Å². The van der Waals surface area contributed by atoms with Crippen molar-refractivity contribution in [3.05, 3.63) is 65.5 Å². The monoisotopic (exact) mass is 321 g/mol. The van der Waals surface area contributed by atoms with Crippen molar-refractivity contribution in [1.82, 2.24) is 0 Å². The molecular weight excluding hydrogens is 307 g/mol. The lowest BCUT2D eigenvalue weighted by atomic mass is 10.2. The summed E-state index contributed by atoms with van der Waals surface area (Å²) in [6.45, 7) is -1.13. The van der Waals surface area contributed by atoms with E-state index < -0.39 is 18.3 Å². The normalized spacial score (nSPS) is 11.0. The van der Waals surface area contributed by atoms with Gasteiger partial charge in [0.1, 0.15) is 11.6 Å². The quantitative estimate of drug-likeness (QED) is 0.830. The van der Waals surface area contributed by atoms with E-state index >= 15 is 0 Å². The summed E-state index contributed by atoms with van der Waals surface area (Å²) in [5.41, 5.74) is 1.76. The fourth-order valence-electron chi connectivity index (χ4n) is 1.84. The predicted molar refractivity (Wildman–Crippen MR) is 81.9 cm³/mol. The van der Waals surface area contributed by atoms with Crippen molar-refractivity contribution < 1.29 is 22.7 Å². The van der Waals surface area contributed by atoms with E-state index in [1.165, 1.54) is 48.6 Å². The van der Waals surface area contributed by atoms with Crippen LogP contribution >= 0.6 is 0 Å². The lowest BCUT2D eigenvalue weighted by molar-refractivity contribution is -0.111. The van der Waals surface area contributed by atoms with Gasteiger partial charge in [-0.3, -0.25) is 4.79 Å². The molecule has 0 fully saturated rings. The van der Waals surface area contributed by atoms with Crippen molar-refractivity contribution in [3.8, 4) is 5.75 Å². The van der Waals surface area contributed by atoms with Crippen LogP contribution in [0.5, 0.6) is 5.75 Å². The Balaban J connectivity index is 1.99. The molecule has 0 saturated carbocycles. The summed E-state index contributed by atoms with van der Waals surface area (Å²) in [5, 5.41) is 2.57. The predicted octanol–water partition coefficient (Wildman–Crippen LogP) is 4.39. The molecule has 0 aliphatic carbocycles. The van der Waals surface area contributed by atoms with Crippen LogP contribution in [-0.2, 0) is 4.79 Å². The largest absolute Gasteiger partial charge is 0.435 e. The van der Waals surface area contributed by atoms with Crippen molar-refractivity contribution in [3.63, 3.8) is 0 Å². The van der Waals surface area contributed by atoms with Gasteiger partial charge in [-0.25, -0.2) is 4.39 Å². The van der Waals surface area contributed by atoms with Crippen LogP contribution in [0.3, 0.4) is 0 Å². The highest BCUT2D eigenvalue weighted by molar-refractivity contribution is 6.02. The van der Waals surface area contributed by atoms with E-state index in [9.17, 15) is 18.0 Å². The second-order valence-electron chi connectivity index (χ2n) is 4.73. The van der Waals surface area contributed by atoms with Crippen LogP contribution in [0.4, 0.5) is 18.9 Å². The highest BCUT2D eigenvalue weighted by Gasteiger charge is 2.04. The van der Waals surface area contributed by atoms with E-state index in [2.05, 4.69) is 10.1 Å². The smallest absolute Gasteiger partial charge is 0.387 e. The number of nitrogens with one attached hydrogen (secondary N) is 1. The van der Waals surface area contributed by atoms with E-state index in [-0.39, 0.29) is 5.75 Å². The Kier molecular flexibility index (Phi) is 5.41. The Hall–Kier alpha value is -2.76. The van der Waals surface area contributed by atoms with Crippen LogP contribution in [0.1, 0.15) is 11.1 Å². The Morgan fingerprint density at radius 3 is 2.52 bits per heavy atom. The van der Waals surface area contributed by atoms with Gasteiger partial charge in [0, 0.05) is 11.8 Å². The molecule has 6 heteroatoms. The van der Waals surface area contributed by atoms with E-state index in [0.29, 0.717) is 11.3 Å². The summed E-state index contributed by atoms with van der Waals surface area (Å²) in [6.07, 6.45) is 2.78. The fraction of sp³-hybridized carbons (Fsp3) is 0.118. The highest BCUT2D eigenvalue weighted by atomic mass is 19.3. The Morgan fingerprint density at radius 2 is 1.87 bits per heavy atom. The summed E-state index contributed by atoms with van der Waals surface area (Å²) in [6, 6.07) is 9.93. The summed E-state index contributed by atoms with van der Waals surface area (Å²) >= 11 is 0. The molecule has 1 amide bonds. The van der Waals surface area contributed by atoms with Crippen molar-refractivity contribution in [2.45, 2.75) is 13.5 Å². The SMILES string of the molecule is Cc1ccc(F)cc1NC(=O)/C=C/c1ccc(OC(F)F)cc1. The average molecular weight is 321 g/mol. The van der Waals surface area contributed by atoms with Gasteiger partial charge < -0.3 is 10.1 Å². The first-order valence-corrected chi connectivity index (χ1v) is 6.74. The number of benzene rings is 2. The molecule has 0 atom stereocenters. The molecule has 120 valence electrons. The van der Waals surface area contributed by atoms with Crippen molar-refractivity contribution >= 4 is 17.7 Å². The molecule has 1 N–H and O–H groups in total. The van der Waals surface area contributed by atoms with Gasteiger partial charge in [0.05, 0.1) is 0 Å². The third-order valence-electron chi connectivity index (χ3n) is 2.99. The molecule has 0 bridgehead atoms. The third-order valence-corrected chi connectivity index (χ3v) is 2.99. The maximum atomic E-state index is 13.1. The molecule has 2 rings (SSSR count). The van der Waals surface area contributed by atoms with Crippen LogP contribution in [0, 0.1) is 12.7 Å². The Bertz CT molecular complexity index is 712. The lowest BCUT2D eigenvalue weighted by Crippen LogP contribution is -2.09. The molecule has 3 nitrogen and oxygen atoms in total. The molecule has 2 aromatic rings. The number of aryl methyl sites for hydroxylation is 1. The number of anilines is 1. The maximum Gasteiger partial charge on any atom is 0.387 e. The van der Waals surface area contributed by atoms with Gasteiger partial charge >= 0.3 is 6.61 Å². The summed E-state index contributed by atoms with van der Waals surface area (Å²) in [4.78, 5) is 11.8. The minimum atomic E-state index is -2.88. The van der Waals surface area contributed by atoms with Crippen LogP contribution in [0.2, 0.25) is 0 Å². The van der Waals surface area contributed by atoms with Gasteiger partial charge in [-0.1, -0.05) is 18.2 Å². The molecule has 0 saturated heterocycles. The number of rotatable bonds is 5. The molecule has 0 heterocycles. The number of halogens is 3. The Morgan fingerprint density at radius 1 is 1.17 bits per heavy atom. The standard InChI is InChI=1S/C17H14F3NO2/c1-11-2-6-13(18)10-15(11)21-16(22)9-5-12-3-7-14(8-4-12)23-17(19)20/h2-10,17H,1H3,(H,21,22)/b9-5+. The van der Waals surface area contributed by atoms with Crippen LogP contribution in [0.15, 0.2) is 48.5 Å².